The lowest BCUT2D eigenvalue weighted by Crippen LogP contribution is -2.45. The number of ether oxygens (including phenoxy) is 1. The number of esters is 1. The molecule has 0 aromatic carbocycles. The molecule has 0 aliphatic carbocycles. The van der Waals surface area contributed by atoms with E-state index in [1.165, 1.54) is 24.9 Å². The fourth-order valence-electron chi connectivity index (χ4n) is 3.67. The van der Waals surface area contributed by atoms with Crippen molar-refractivity contribution in [2.45, 2.75) is 59.4 Å². The van der Waals surface area contributed by atoms with E-state index in [2.05, 4.69) is 17.1 Å². The highest BCUT2D eigenvalue weighted by atomic mass is 32.1. The monoisotopic (exact) mass is 425 g/mol. The Morgan fingerprint density at radius 3 is 2.54 bits per heavy atom. The third-order valence-electron chi connectivity index (χ3n) is 5.36. The van der Waals surface area contributed by atoms with Crippen LogP contribution in [0.1, 0.15) is 72.0 Å². The third-order valence-corrected chi connectivity index (χ3v) is 6.89. The molecule has 28 heavy (non-hydrogen) atoms. The molecule has 2 rings (SSSR count). The van der Waals surface area contributed by atoms with Gasteiger partial charge in [-0.2, -0.15) is 0 Å². The van der Waals surface area contributed by atoms with E-state index < -0.39 is 5.97 Å². The molecule has 8 heteroatoms. The van der Waals surface area contributed by atoms with Gasteiger partial charge in [-0.25, -0.2) is 4.79 Å². The van der Waals surface area contributed by atoms with Gasteiger partial charge in [0, 0.05) is 25.7 Å². The van der Waals surface area contributed by atoms with Gasteiger partial charge < -0.3 is 19.9 Å². The summed E-state index contributed by atoms with van der Waals surface area (Å²) in [7, 11) is 1.35. The Labute approximate surface area is 177 Å². The van der Waals surface area contributed by atoms with Crippen LogP contribution in [0.25, 0.3) is 0 Å². The summed E-state index contributed by atoms with van der Waals surface area (Å²) in [5, 5.41) is 4.45. The molecule has 1 aromatic heterocycles. The Balaban J connectivity index is 2.37. The SMILES string of the molecule is CCC1CCCCN1C(=S)Nc1sc(C(=O)N(CC)CC)c(C)c1C(=O)OC. The molecule has 6 nitrogen and oxygen atoms in total. The second kappa shape index (κ2) is 10.2. The lowest BCUT2D eigenvalue weighted by atomic mass is 10.0. The second-order valence-electron chi connectivity index (χ2n) is 6.91. The summed E-state index contributed by atoms with van der Waals surface area (Å²) in [6.07, 6.45) is 4.47. The lowest BCUT2D eigenvalue weighted by molar-refractivity contribution is 0.0601. The zero-order valence-electron chi connectivity index (χ0n) is 17.5. The first kappa shape index (κ1) is 22.6. The van der Waals surface area contributed by atoms with Crippen molar-refractivity contribution in [3.05, 3.63) is 16.0 Å². The zero-order valence-corrected chi connectivity index (χ0v) is 19.1. The molecular formula is C20H31N3O3S2. The van der Waals surface area contributed by atoms with Crippen LogP contribution in [-0.2, 0) is 4.74 Å². The highest BCUT2D eigenvalue weighted by Gasteiger charge is 2.29. The minimum atomic E-state index is -0.455. The molecule has 1 aliphatic heterocycles. The molecule has 1 unspecified atom stereocenters. The maximum absolute atomic E-state index is 12.9. The number of nitrogens with one attached hydrogen (secondary N) is 1. The summed E-state index contributed by atoms with van der Waals surface area (Å²) in [5.41, 5.74) is 1.04. The largest absolute Gasteiger partial charge is 0.465 e. The quantitative estimate of drug-likeness (QED) is 0.542. The maximum Gasteiger partial charge on any atom is 0.341 e. The summed E-state index contributed by atoms with van der Waals surface area (Å²) >= 11 is 6.95. The summed E-state index contributed by atoms with van der Waals surface area (Å²) < 4.78 is 4.98. The molecule has 1 amide bonds. The number of carbonyl (C=O) groups excluding carboxylic acids is 2. The van der Waals surface area contributed by atoms with Crippen LogP contribution in [0.4, 0.5) is 5.00 Å². The molecule has 0 spiro atoms. The van der Waals surface area contributed by atoms with Crippen molar-refractivity contribution in [3.8, 4) is 0 Å². The average Bonchev–Trinajstić information content (AvgIpc) is 3.03. The molecule has 0 saturated carbocycles. The molecule has 156 valence electrons. The maximum atomic E-state index is 12.9. The van der Waals surface area contributed by atoms with E-state index in [9.17, 15) is 9.59 Å². The number of likely N-dealkylation sites (tertiary alicyclic amines) is 1. The summed E-state index contributed by atoms with van der Waals surface area (Å²) in [5.74, 6) is -0.524. The molecule has 1 aromatic rings. The van der Waals surface area contributed by atoms with E-state index in [4.69, 9.17) is 17.0 Å². The first-order valence-corrected chi connectivity index (χ1v) is 11.2. The number of nitrogens with zero attached hydrogens (tertiary/aromatic N) is 2. The molecule has 1 saturated heterocycles. The molecule has 0 radical (unpaired) electrons. The van der Waals surface area contributed by atoms with Crippen molar-refractivity contribution in [2.24, 2.45) is 0 Å². The number of thiocarbonyl (C=S) groups is 1. The Morgan fingerprint density at radius 1 is 1.29 bits per heavy atom. The number of rotatable bonds is 6. The van der Waals surface area contributed by atoms with Gasteiger partial charge in [0.1, 0.15) is 5.00 Å². The number of carbonyl (C=O) groups is 2. The van der Waals surface area contributed by atoms with E-state index in [-0.39, 0.29) is 5.91 Å². The number of methoxy groups -OCH3 is 1. The van der Waals surface area contributed by atoms with Crippen LogP contribution in [0.15, 0.2) is 0 Å². The Hall–Kier alpha value is -1.67. The molecule has 1 fully saturated rings. The van der Waals surface area contributed by atoms with Crippen LogP contribution < -0.4 is 5.32 Å². The minimum Gasteiger partial charge on any atom is -0.465 e. The lowest BCUT2D eigenvalue weighted by Gasteiger charge is -2.37. The standard InChI is InChI=1S/C20H31N3O3S2/c1-6-14-11-9-10-12-23(14)20(27)21-17-15(19(25)26-5)13(4)16(28-17)18(24)22(7-2)8-3/h14H,6-12H2,1-5H3,(H,21,27). The first-order chi connectivity index (χ1) is 13.4. The van der Waals surface area contributed by atoms with Crippen molar-refractivity contribution in [1.29, 1.82) is 0 Å². The van der Waals surface area contributed by atoms with Crippen LogP contribution in [0.3, 0.4) is 0 Å². The first-order valence-electron chi connectivity index (χ1n) is 9.97. The van der Waals surface area contributed by atoms with Gasteiger partial charge in [-0.3, -0.25) is 4.79 Å². The van der Waals surface area contributed by atoms with Gasteiger partial charge in [0.15, 0.2) is 5.11 Å². The fourth-order valence-corrected chi connectivity index (χ4v) is 5.24. The van der Waals surface area contributed by atoms with Crippen LogP contribution in [0.5, 0.6) is 0 Å². The number of thiophene rings is 1. The van der Waals surface area contributed by atoms with Crippen molar-refractivity contribution in [3.63, 3.8) is 0 Å². The van der Waals surface area contributed by atoms with Crippen molar-refractivity contribution >= 4 is 45.5 Å². The Kier molecular flexibility index (Phi) is 8.24. The van der Waals surface area contributed by atoms with E-state index in [1.54, 1.807) is 11.8 Å². The second-order valence-corrected chi connectivity index (χ2v) is 8.32. The van der Waals surface area contributed by atoms with E-state index in [1.807, 2.05) is 13.8 Å². The van der Waals surface area contributed by atoms with Gasteiger partial charge in [0.2, 0.25) is 0 Å². The van der Waals surface area contributed by atoms with Crippen molar-refractivity contribution < 1.29 is 14.3 Å². The van der Waals surface area contributed by atoms with Gasteiger partial charge in [0.25, 0.3) is 5.91 Å². The average molecular weight is 426 g/mol. The van der Waals surface area contributed by atoms with Gasteiger partial charge >= 0.3 is 5.97 Å². The van der Waals surface area contributed by atoms with E-state index >= 15 is 0 Å². The molecule has 1 aliphatic rings. The van der Waals surface area contributed by atoms with Crippen LogP contribution in [0.2, 0.25) is 0 Å². The van der Waals surface area contributed by atoms with Crippen LogP contribution in [-0.4, -0.2) is 59.6 Å². The van der Waals surface area contributed by atoms with Gasteiger partial charge in [-0.1, -0.05) is 6.92 Å². The number of anilines is 1. The summed E-state index contributed by atoms with van der Waals surface area (Å²) in [6, 6.07) is 0.410. The number of hydrogen-bond donors (Lipinski definition) is 1. The highest BCUT2D eigenvalue weighted by Crippen LogP contribution is 2.35. The smallest absolute Gasteiger partial charge is 0.341 e. The molecule has 1 N–H and O–H groups in total. The van der Waals surface area contributed by atoms with Gasteiger partial charge in [0.05, 0.1) is 17.6 Å². The van der Waals surface area contributed by atoms with E-state index in [0.717, 1.165) is 25.8 Å². The molecular weight excluding hydrogens is 394 g/mol. The predicted molar refractivity (Wildman–Crippen MR) is 119 cm³/mol. The van der Waals surface area contributed by atoms with Crippen LogP contribution >= 0.6 is 23.6 Å². The zero-order chi connectivity index (χ0) is 20.8. The topological polar surface area (TPSA) is 61.9 Å². The number of hydrogen-bond acceptors (Lipinski definition) is 5. The minimum absolute atomic E-state index is 0.0685. The van der Waals surface area contributed by atoms with Gasteiger partial charge in [-0.05, 0) is 64.2 Å². The number of piperidine rings is 1. The third kappa shape index (κ3) is 4.66. The normalized spacial score (nSPS) is 16.6. The Morgan fingerprint density at radius 2 is 1.96 bits per heavy atom. The molecule has 2 heterocycles. The van der Waals surface area contributed by atoms with Crippen molar-refractivity contribution in [1.82, 2.24) is 9.80 Å². The molecule has 1 atom stereocenters. The summed E-state index contributed by atoms with van der Waals surface area (Å²) in [4.78, 5) is 29.9. The fraction of sp³-hybridized carbons (Fsp3) is 0.650. The molecule has 0 bridgehead atoms. The Bertz CT molecular complexity index is 729. The van der Waals surface area contributed by atoms with Crippen molar-refractivity contribution in [2.75, 3.05) is 32.1 Å². The highest BCUT2D eigenvalue weighted by molar-refractivity contribution is 7.80. The van der Waals surface area contributed by atoms with E-state index in [0.29, 0.717) is 45.2 Å². The summed E-state index contributed by atoms with van der Waals surface area (Å²) in [6.45, 7) is 10.0. The van der Waals surface area contributed by atoms with Crippen LogP contribution in [0, 0.1) is 6.92 Å². The number of amides is 1. The van der Waals surface area contributed by atoms with Gasteiger partial charge in [-0.15, -0.1) is 11.3 Å². The predicted octanol–water partition coefficient (Wildman–Crippen LogP) is 4.29.